The molecule has 1 aliphatic carbocycles. The summed E-state index contributed by atoms with van der Waals surface area (Å²) in [5.41, 5.74) is 7.62. The van der Waals surface area contributed by atoms with Gasteiger partial charge < -0.3 is 25.1 Å². The molecule has 2 N–H and O–H groups in total. The molecule has 41 heavy (non-hydrogen) atoms. The van der Waals surface area contributed by atoms with Gasteiger partial charge in [0.2, 0.25) is 17.9 Å². The summed E-state index contributed by atoms with van der Waals surface area (Å²) in [6.45, 7) is 12.2. The second-order valence-electron chi connectivity index (χ2n) is 12.5. The van der Waals surface area contributed by atoms with Crippen LogP contribution in [0.3, 0.4) is 0 Å². The molecule has 0 saturated carbocycles. The number of hydrogen-bond acceptors (Lipinski definition) is 10. The first-order valence-electron chi connectivity index (χ1n) is 14.9. The molecule has 216 valence electrons. The molecule has 5 aliphatic rings. The van der Waals surface area contributed by atoms with Crippen molar-refractivity contribution in [1.82, 2.24) is 19.9 Å². The number of hydrogen-bond donors (Lipinski definition) is 1. The molecule has 4 fully saturated rings. The van der Waals surface area contributed by atoms with Crippen molar-refractivity contribution in [3.8, 4) is 12.1 Å². The van der Waals surface area contributed by atoms with E-state index in [0.29, 0.717) is 48.6 Å². The quantitative estimate of drug-likeness (QED) is 0.532. The Morgan fingerprint density at radius 3 is 2.73 bits per heavy atom. The lowest BCUT2D eigenvalue weighted by molar-refractivity contribution is 0.107. The van der Waals surface area contributed by atoms with Crippen LogP contribution in [0.2, 0.25) is 0 Å². The van der Waals surface area contributed by atoms with Crippen molar-refractivity contribution in [1.29, 1.82) is 5.26 Å². The number of nitrogen functional groups attached to an aromatic ring is 1. The van der Waals surface area contributed by atoms with Crippen LogP contribution < -0.4 is 20.3 Å². The molecule has 0 bridgehead atoms. The number of anilines is 3. The molecule has 0 aromatic carbocycles. The number of nitrogens with zero attached hydrogens (tertiary/aromatic N) is 8. The van der Waals surface area contributed by atoms with E-state index in [4.69, 9.17) is 32.0 Å². The number of alkyl halides is 1. The highest BCUT2D eigenvalue weighted by molar-refractivity contribution is 7.16. The van der Waals surface area contributed by atoms with Gasteiger partial charge in [-0.3, -0.25) is 4.90 Å². The Labute approximate surface area is 244 Å². The van der Waals surface area contributed by atoms with E-state index >= 15 is 0 Å². The highest BCUT2D eigenvalue weighted by atomic mass is 32.1. The largest absolute Gasteiger partial charge is 0.461 e. The van der Waals surface area contributed by atoms with Crippen LogP contribution >= 0.6 is 11.3 Å². The van der Waals surface area contributed by atoms with Gasteiger partial charge in [-0.2, -0.15) is 20.2 Å². The zero-order valence-corrected chi connectivity index (χ0v) is 24.1. The Bertz CT molecular complexity index is 1410. The van der Waals surface area contributed by atoms with Crippen molar-refractivity contribution in [3.63, 3.8) is 0 Å². The number of halogens is 1. The number of thiophene rings is 1. The van der Waals surface area contributed by atoms with E-state index in [-0.39, 0.29) is 23.0 Å². The summed E-state index contributed by atoms with van der Waals surface area (Å²) in [6, 6.07) is 2.68. The standard InChI is InChI=1S/C29H36FN9OS/c1-33-20-5-3-10-37(12-7-20)25-34-26(36-27(35-25)40-18-29-9-4-11-39(29)15-19(30)13-29)38-16-28(17-38)8-2-6-22-23(28)21(14-31)24(32)41-22/h19-20H,2-13,15-18,32H2/t19-,20?,29+/m1/s1. The molecule has 10 nitrogen and oxygen atoms in total. The van der Waals surface area contributed by atoms with Crippen LogP contribution in [0.25, 0.3) is 4.85 Å². The lowest BCUT2D eigenvalue weighted by Crippen LogP contribution is -2.61. The first kappa shape index (κ1) is 26.7. The minimum atomic E-state index is -0.821. The Kier molecular flexibility index (Phi) is 6.67. The fourth-order valence-electron chi connectivity index (χ4n) is 7.94. The average Bonchev–Trinajstić information content (AvgIpc) is 3.51. The van der Waals surface area contributed by atoms with E-state index in [1.54, 1.807) is 11.3 Å². The van der Waals surface area contributed by atoms with Gasteiger partial charge in [0.25, 0.3) is 0 Å². The van der Waals surface area contributed by atoms with Crippen molar-refractivity contribution in [2.45, 2.75) is 81.0 Å². The predicted molar refractivity (Wildman–Crippen MR) is 155 cm³/mol. The molecule has 4 saturated heterocycles. The topological polar surface area (TPSA) is 112 Å². The fourth-order valence-corrected chi connectivity index (χ4v) is 9.12. The second-order valence-corrected chi connectivity index (χ2v) is 13.7. The summed E-state index contributed by atoms with van der Waals surface area (Å²) in [5.74, 6) is 1.15. The molecule has 1 spiro atoms. The normalized spacial score (nSPS) is 28.9. The van der Waals surface area contributed by atoms with Gasteiger partial charge in [0.1, 0.15) is 23.8 Å². The minimum Gasteiger partial charge on any atom is -0.461 e. The molecule has 0 radical (unpaired) electrons. The van der Waals surface area contributed by atoms with Crippen LogP contribution in [-0.2, 0) is 11.8 Å². The van der Waals surface area contributed by atoms with Gasteiger partial charge >= 0.3 is 6.01 Å². The molecule has 3 atom stereocenters. The van der Waals surface area contributed by atoms with Crippen LogP contribution in [0.15, 0.2) is 0 Å². The molecule has 12 heteroatoms. The Balaban J connectivity index is 1.17. The summed E-state index contributed by atoms with van der Waals surface area (Å²) < 4.78 is 20.7. The van der Waals surface area contributed by atoms with Crippen LogP contribution in [0.1, 0.15) is 67.4 Å². The first-order valence-corrected chi connectivity index (χ1v) is 15.7. The number of rotatable bonds is 5. The molecular formula is C29H36FN9OS. The summed E-state index contributed by atoms with van der Waals surface area (Å²) in [5, 5.41) is 10.5. The first-order chi connectivity index (χ1) is 19.9. The Morgan fingerprint density at radius 1 is 1.10 bits per heavy atom. The third-order valence-electron chi connectivity index (χ3n) is 9.96. The van der Waals surface area contributed by atoms with Crippen LogP contribution in [0.5, 0.6) is 6.01 Å². The smallest absolute Gasteiger partial charge is 0.323 e. The van der Waals surface area contributed by atoms with Crippen LogP contribution in [-0.4, -0.2) is 83.5 Å². The minimum absolute atomic E-state index is 0.0311. The molecule has 7 rings (SSSR count). The predicted octanol–water partition coefficient (Wildman–Crippen LogP) is 3.71. The highest BCUT2D eigenvalue weighted by Gasteiger charge is 2.51. The van der Waals surface area contributed by atoms with E-state index in [9.17, 15) is 9.65 Å². The van der Waals surface area contributed by atoms with Crippen LogP contribution in [0, 0.1) is 17.9 Å². The number of fused-ring (bicyclic) bond motifs is 3. The van der Waals surface area contributed by atoms with Gasteiger partial charge in [-0.15, -0.1) is 11.3 Å². The van der Waals surface area contributed by atoms with E-state index in [1.807, 2.05) is 0 Å². The van der Waals surface area contributed by atoms with Crippen molar-refractivity contribution < 1.29 is 9.13 Å². The monoisotopic (exact) mass is 577 g/mol. The van der Waals surface area contributed by atoms with Crippen molar-refractivity contribution >= 4 is 28.2 Å². The van der Waals surface area contributed by atoms with Gasteiger partial charge in [0, 0.05) is 62.3 Å². The maximum Gasteiger partial charge on any atom is 0.323 e. The van der Waals surface area contributed by atoms with Gasteiger partial charge in [0.15, 0.2) is 0 Å². The zero-order valence-electron chi connectivity index (χ0n) is 23.3. The molecule has 4 aliphatic heterocycles. The van der Waals surface area contributed by atoms with Gasteiger partial charge in [0.05, 0.1) is 11.1 Å². The summed E-state index contributed by atoms with van der Waals surface area (Å²) in [4.78, 5) is 26.0. The molecule has 6 heterocycles. The zero-order chi connectivity index (χ0) is 28.2. The van der Waals surface area contributed by atoms with E-state index in [1.165, 1.54) is 4.88 Å². The van der Waals surface area contributed by atoms with Crippen molar-refractivity contribution in [2.24, 2.45) is 0 Å². The number of nitrogens with two attached hydrogens (primary N) is 1. The number of aromatic nitrogens is 3. The maximum atomic E-state index is 14.4. The number of ether oxygens (including phenoxy) is 1. The summed E-state index contributed by atoms with van der Waals surface area (Å²) >= 11 is 1.56. The SMILES string of the molecule is [C-]#[N+]C1CCCN(c2nc(OC[C@@]34CCCN3C[C@H](F)C4)nc(N3CC4(CCCc5sc(N)c(C#N)c54)C3)n2)CC1. The molecule has 1 unspecified atom stereocenters. The number of aryl methyl sites for hydroxylation is 1. The number of nitriles is 1. The Hall–Kier alpha value is -3.22. The van der Waals surface area contributed by atoms with E-state index in [0.717, 1.165) is 83.1 Å². The van der Waals surface area contributed by atoms with Gasteiger partial charge in [-0.1, -0.05) is 0 Å². The molecule has 2 aromatic rings. The van der Waals surface area contributed by atoms with E-state index < -0.39 is 6.17 Å². The molecular weight excluding hydrogens is 541 g/mol. The lowest BCUT2D eigenvalue weighted by Gasteiger charge is -2.52. The van der Waals surface area contributed by atoms with E-state index in [2.05, 4.69) is 25.6 Å². The van der Waals surface area contributed by atoms with Crippen LogP contribution in [0.4, 0.5) is 21.3 Å². The molecule has 2 aromatic heterocycles. The third-order valence-corrected chi connectivity index (χ3v) is 11.0. The average molecular weight is 578 g/mol. The van der Waals surface area contributed by atoms with Crippen molar-refractivity contribution in [3.05, 3.63) is 27.4 Å². The lowest BCUT2D eigenvalue weighted by atomic mass is 9.66. The molecule has 0 amide bonds. The van der Waals surface area contributed by atoms with Gasteiger partial charge in [-0.05, 0) is 50.6 Å². The third kappa shape index (κ3) is 4.56. The van der Waals surface area contributed by atoms with Crippen molar-refractivity contribution in [2.75, 3.05) is 61.4 Å². The summed E-state index contributed by atoms with van der Waals surface area (Å²) in [7, 11) is 0. The van der Waals surface area contributed by atoms with Gasteiger partial charge in [-0.25, -0.2) is 11.0 Å². The summed E-state index contributed by atoms with van der Waals surface area (Å²) in [6.07, 6.45) is 7.27. The second kappa shape index (κ2) is 10.2. The fraction of sp³-hybridized carbons (Fsp3) is 0.690. The Morgan fingerprint density at radius 2 is 1.93 bits per heavy atom. The highest BCUT2D eigenvalue weighted by Crippen LogP contribution is 2.50. The maximum absolute atomic E-state index is 14.4.